The van der Waals surface area contributed by atoms with E-state index in [0.29, 0.717) is 19.3 Å². The summed E-state index contributed by atoms with van der Waals surface area (Å²) >= 11 is 0. The fourth-order valence-corrected chi connectivity index (χ4v) is 5.47. The Morgan fingerprint density at radius 1 is 1.17 bits per heavy atom. The second kappa shape index (κ2) is 6.83. The lowest BCUT2D eigenvalue weighted by Crippen LogP contribution is -2.67. The van der Waals surface area contributed by atoms with Gasteiger partial charge in [0.05, 0.1) is 0 Å². The van der Waals surface area contributed by atoms with Crippen molar-refractivity contribution < 1.29 is 52.2 Å². The molecule has 1 aliphatic carbocycles. The maximum absolute atomic E-state index is 13.9. The van der Waals surface area contributed by atoms with Gasteiger partial charge in [0.2, 0.25) is 17.8 Å². The Kier molecular flexibility index (Phi) is 4.87. The highest BCUT2D eigenvalue weighted by atomic mass is 19.4. The summed E-state index contributed by atoms with van der Waals surface area (Å²) in [4.78, 5) is 34.1. The molecule has 1 saturated carbocycles. The van der Waals surface area contributed by atoms with Gasteiger partial charge in [0.1, 0.15) is 0 Å². The highest BCUT2D eigenvalue weighted by Gasteiger charge is 2.70. The van der Waals surface area contributed by atoms with E-state index >= 15 is 0 Å². The molecule has 2 N–H and O–H groups in total. The topological polar surface area (TPSA) is 112 Å². The van der Waals surface area contributed by atoms with Crippen LogP contribution in [-0.4, -0.2) is 46.0 Å². The third-order valence-electron chi connectivity index (χ3n) is 6.93. The first-order valence-corrected chi connectivity index (χ1v) is 9.86. The van der Waals surface area contributed by atoms with E-state index < -0.39 is 65.4 Å². The molecule has 3 saturated heterocycles. The van der Waals surface area contributed by atoms with Crippen molar-refractivity contribution in [3.05, 3.63) is 11.3 Å². The molecule has 0 radical (unpaired) electrons. The molecule has 5 aliphatic rings. The summed E-state index contributed by atoms with van der Waals surface area (Å²) in [6.07, 6.45) is -5.44. The minimum Gasteiger partial charge on any atom is -0.481 e. The highest BCUT2D eigenvalue weighted by molar-refractivity contribution is 5.93. The summed E-state index contributed by atoms with van der Waals surface area (Å²) in [5, 5.41) is 18.5. The van der Waals surface area contributed by atoms with E-state index in [0.717, 1.165) is 0 Å². The Morgan fingerprint density at radius 2 is 1.83 bits per heavy atom. The smallest absolute Gasteiger partial charge is 0.448 e. The zero-order valence-corrected chi connectivity index (χ0v) is 16.4. The standard InChI is InChI=1S/C19H23F3O8/c1-8-3-4-12-9(7-10(14(23)24)15(25)26)13(19(20,21)22)27-16-18(12)11(8)5-6-17(2,28-16)29-30-18/h8,10-12,16H,3-7H2,1-2H3,(H,23,24)(H,25,26)/t8-,11+,12+,16-,17-,18-/m1/s1. The van der Waals surface area contributed by atoms with Crippen LogP contribution in [0.2, 0.25) is 0 Å². The van der Waals surface area contributed by atoms with E-state index in [2.05, 4.69) is 0 Å². The lowest BCUT2D eigenvalue weighted by atomic mass is 9.58. The number of hydrogen-bond acceptors (Lipinski definition) is 6. The van der Waals surface area contributed by atoms with Gasteiger partial charge in [-0.2, -0.15) is 13.2 Å². The molecule has 4 aliphatic heterocycles. The Labute approximate surface area is 169 Å². The first kappa shape index (κ1) is 21.4. The van der Waals surface area contributed by atoms with Gasteiger partial charge in [-0.25, -0.2) is 9.78 Å². The molecular formula is C19H23F3O8. The molecular weight excluding hydrogens is 413 g/mol. The number of fused-ring (bicyclic) bond motifs is 2. The number of hydrogen-bond donors (Lipinski definition) is 2. The quantitative estimate of drug-likeness (QED) is 0.511. The number of carboxylic acids is 2. The van der Waals surface area contributed by atoms with E-state index in [1.165, 1.54) is 0 Å². The maximum atomic E-state index is 13.9. The van der Waals surface area contributed by atoms with Crippen molar-refractivity contribution in [3.8, 4) is 0 Å². The van der Waals surface area contributed by atoms with Crippen LogP contribution in [0, 0.1) is 23.7 Å². The van der Waals surface area contributed by atoms with Gasteiger partial charge in [0.15, 0.2) is 11.5 Å². The van der Waals surface area contributed by atoms with Crippen LogP contribution in [0.15, 0.2) is 11.3 Å². The molecule has 0 unspecified atom stereocenters. The summed E-state index contributed by atoms with van der Waals surface area (Å²) in [6.45, 7) is 3.54. The fourth-order valence-electron chi connectivity index (χ4n) is 5.47. The van der Waals surface area contributed by atoms with Crippen molar-refractivity contribution in [2.24, 2.45) is 23.7 Å². The molecule has 0 aromatic rings. The van der Waals surface area contributed by atoms with E-state index in [-0.39, 0.29) is 18.3 Å². The van der Waals surface area contributed by atoms with Gasteiger partial charge in [-0.05, 0) is 44.1 Å². The summed E-state index contributed by atoms with van der Waals surface area (Å²) in [6, 6.07) is 0. The minimum absolute atomic E-state index is 0.0726. The van der Waals surface area contributed by atoms with Crippen LogP contribution in [0.3, 0.4) is 0 Å². The Morgan fingerprint density at radius 3 is 2.43 bits per heavy atom. The zero-order chi connectivity index (χ0) is 22.1. The molecule has 168 valence electrons. The molecule has 4 heterocycles. The first-order valence-electron chi connectivity index (χ1n) is 9.86. The molecule has 1 spiro atoms. The second-order valence-electron chi connectivity index (χ2n) is 8.76. The number of aliphatic carboxylic acids is 2. The van der Waals surface area contributed by atoms with Gasteiger partial charge in [-0.3, -0.25) is 9.59 Å². The number of carbonyl (C=O) groups is 2. The largest absolute Gasteiger partial charge is 0.481 e. The van der Waals surface area contributed by atoms with Crippen molar-refractivity contribution in [1.82, 2.24) is 0 Å². The van der Waals surface area contributed by atoms with Gasteiger partial charge in [0, 0.05) is 18.3 Å². The van der Waals surface area contributed by atoms with Crippen LogP contribution in [0.5, 0.6) is 0 Å². The Bertz CT molecular complexity index is 781. The van der Waals surface area contributed by atoms with Crippen LogP contribution in [-0.2, 0) is 28.8 Å². The van der Waals surface area contributed by atoms with Crippen molar-refractivity contribution in [2.45, 2.75) is 69.8 Å². The molecule has 8 nitrogen and oxygen atoms in total. The normalized spacial score (nSPS) is 40.6. The molecule has 6 atom stereocenters. The third-order valence-corrected chi connectivity index (χ3v) is 6.93. The third kappa shape index (κ3) is 3.09. The molecule has 0 amide bonds. The van der Waals surface area contributed by atoms with E-state index in [9.17, 15) is 33.0 Å². The first-order chi connectivity index (χ1) is 13.9. The van der Waals surface area contributed by atoms with Crippen LogP contribution in [0.25, 0.3) is 0 Å². The van der Waals surface area contributed by atoms with Crippen molar-refractivity contribution in [2.75, 3.05) is 0 Å². The summed E-state index contributed by atoms with van der Waals surface area (Å²) in [7, 11) is 0. The fraction of sp³-hybridized carbons (Fsp3) is 0.789. The molecule has 30 heavy (non-hydrogen) atoms. The van der Waals surface area contributed by atoms with Gasteiger partial charge in [-0.1, -0.05) is 6.92 Å². The number of alkyl halides is 3. The predicted molar refractivity (Wildman–Crippen MR) is 90.3 cm³/mol. The molecule has 5 rings (SSSR count). The van der Waals surface area contributed by atoms with E-state index in [1.807, 2.05) is 6.92 Å². The van der Waals surface area contributed by atoms with Crippen molar-refractivity contribution in [1.29, 1.82) is 0 Å². The summed E-state index contributed by atoms with van der Waals surface area (Å²) in [5.41, 5.74) is -1.82. The summed E-state index contributed by atoms with van der Waals surface area (Å²) < 4.78 is 52.9. The lowest BCUT2D eigenvalue weighted by molar-refractivity contribution is -0.557. The Hall–Kier alpha value is -1.85. The van der Waals surface area contributed by atoms with Crippen molar-refractivity contribution >= 4 is 11.9 Å². The average molecular weight is 436 g/mol. The number of carboxylic acid groups (broad SMARTS) is 2. The summed E-state index contributed by atoms with van der Waals surface area (Å²) in [5.74, 6) is -9.28. The lowest BCUT2D eigenvalue weighted by Gasteiger charge is -2.57. The molecule has 4 fully saturated rings. The zero-order valence-electron chi connectivity index (χ0n) is 16.4. The number of halogens is 3. The van der Waals surface area contributed by atoms with Crippen LogP contribution >= 0.6 is 0 Å². The van der Waals surface area contributed by atoms with Crippen LogP contribution in [0.4, 0.5) is 13.2 Å². The molecule has 0 aromatic carbocycles. The van der Waals surface area contributed by atoms with Gasteiger partial charge in [0.25, 0.3) is 0 Å². The number of rotatable bonds is 4. The van der Waals surface area contributed by atoms with Crippen molar-refractivity contribution in [3.63, 3.8) is 0 Å². The SMILES string of the molecule is C[C@@H]1CC[C@H]2C(CC(C(=O)O)C(=O)O)=C(C(F)(F)F)O[C@@H]3O[C@@]4(C)CC[C@@H]1[C@]32OO4. The van der Waals surface area contributed by atoms with E-state index in [1.54, 1.807) is 6.92 Å². The van der Waals surface area contributed by atoms with Gasteiger partial charge >= 0.3 is 18.1 Å². The monoisotopic (exact) mass is 436 g/mol. The van der Waals surface area contributed by atoms with Crippen LogP contribution in [0.1, 0.15) is 46.0 Å². The number of ether oxygens (including phenoxy) is 2. The average Bonchev–Trinajstić information content (AvgIpc) is 2.86. The number of allylic oxidation sites excluding steroid dienone is 1. The Balaban J connectivity index is 1.87. The molecule has 2 bridgehead atoms. The van der Waals surface area contributed by atoms with Crippen LogP contribution < -0.4 is 0 Å². The van der Waals surface area contributed by atoms with Gasteiger partial charge < -0.3 is 19.7 Å². The predicted octanol–water partition coefficient (Wildman–Crippen LogP) is 3.22. The second-order valence-corrected chi connectivity index (χ2v) is 8.76. The van der Waals surface area contributed by atoms with Gasteiger partial charge in [-0.15, -0.1) is 0 Å². The minimum atomic E-state index is -4.95. The van der Waals surface area contributed by atoms with E-state index in [4.69, 9.17) is 19.2 Å². The molecule has 11 heteroatoms. The highest BCUT2D eigenvalue weighted by Crippen LogP contribution is 2.62. The molecule has 0 aromatic heterocycles. The maximum Gasteiger partial charge on any atom is 0.448 e.